The maximum Gasteiger partial charge on any atom is 0.261 e. The van der Waals surface area contributed by atoms with Crippen molar-refractivity contribution < 1.29 is 17.9 Å². The van der Waals surface area contributed by atoms with Gasteiger partial charge in [-0.3, -0.25) is 9.52 Å². The number of amides is 1. The van der Waals surface area contributed by atoms with E-state index in [1.165, 1.54) is 42.7 Å². The second-order valence-electron chi connectivity index (χ2n) is 5.54. The number of hydrogen-bond acceptors (Lipinski definition) is 4. The van der Waals surface area contributed by atoms with E-state index in [9.17, 15) is 18.4 Å². The third-order valence-electron chi connectivity index (χ3n) is 3.56. The number of pyridine rings is 1. The lowest BCUT2D eigenvalue weighted by Gasteiger charge is -2.10. The molecule has 138 valence electrons. The molecule has 1 heterocycles. The molecule has 2 N–H and O–H groups in total. The van der Waals surface area contributed by atoms with Crippen LogP contribution in [-0.2, 0) is 10.0 Å². The van der Waals surface area contributed by atoms with E-state index in [4.69, 9.17) is 11.6 Å². The first-order chi connectivity index (χ1) is 12.8. The Morgan fingerprint density at radius 1 is 0.963 bits per heavy atom. The largest absolute Gasteiger partial charge is 0.619 e. The van der Waals surface area contributed by atoms with Crippen LogP contribution in [0.4, 0.5) is 11.4 Å². The Hall–Kier alpha value is -3.10. The lowest BCUT2D eigenvalue weighted by atomic mass is 10.2. The highest BCUT2D eigenvalue weighted by atomic mass is 35.5. The minimum Gasteiger partial charge on any atom is -0.619 e. The van der Waals surface area contributed by atoms with Crippen molar-refractivity contribution in [3.05, 3.63) is 88.9 Å². The lowest BCUT2D eigenvalue weighted by molar-refractivity contribution is -0.605. The number of carbonyl (C=O) groups is 1. The third-order valence-corrected chi connectivity index (χ3v) is 5.19. The van der Waals surface area contributed by atoms with Crippen LogP contribution < -0.4 is 14.8 Å². The molecule has 0 saturated heterocycles. The van der Waals surface area contributed by atoms with Crippen molar-refractivity contribution in [3.63, 3.8) is 0 Å². The summed E-state index contributed by atoms with van der Waals surface area (Å²) >= 11 is 5.79. The zero-order valence-electron chi connectivity index (χ0n) is 13.8. The van der Waals surface area contributed by atoms with Gasteiger partial charge in [0.1, 0.15) is 0 Å². The van der Waals surface area contributed by atoms with E-state index in [1.807, 2.05) is 0 Å². The minimum absolute atomic E-state index is 0.0132. The summed E-state index contributed by atoms with van der Waals surface area (Å²) in [5, 5.41) is 14.1. The van der Waals surface area contributed by atoms with Gasteiger partial charge in [0, 0.05) is 28.5 Å². The highest BCUT2D eigenvalue weighted by Crippen LogP contribution is 2.21. The van der Waals surface area contributed by atoms with Crippen molar-refractivity contribution >= 4 is 38.9 Å². The van der Waals surface area contributed by atoms with Crippen LogP contribution in [0.2, 0.25) is 5.02 Å². The van der Waals surface area contributed by atoms with Gasteiger partial charge in [-0.15, -0.1) is 0 Å². The summed E-state index contributed by atoms with van der Waals surface area (Å²) in [6.07, 6.45) is 2.40. The van der Waals surface area contributed by atoms with Gasteiger partial charge < -0.3 is 10.5 Å². The molecular weight excluding hydrogens is 390 g/mol. The summed E-state index contributed by atoms with van der Waals surface area (Å²) in [6, 6.07) is 14.8. The summed E-state index contributed by atoms with van der Waals surface area (Å²) in [4.78, 5) is 12.2. The van der Waals surface area contributed by atoms with Gasteiger partial charge in [0.15, 0.2) is 12.4 Å². The maximum absolute atomic E-state index is 12.5. The first kappa shape index (κ1) is 18.7. The highest BCUT2D eigenvalue weighted by Gasteiger charge is 2.16. The fourth-order valence-corrected chi connectivity index (χ4v) is 3.47. The Labute approximate surface area is 160 Å². The molecule has 0 bridgehead atoms. The number of nitrogens with one attached hydrogen (secondary N) is 2. The second kappa shape index (κ2) is 7.65. The van der Waals surface area contributed by atoms with Gasteiger partial charge in [0.2, 0.25) is 0 Å². The molecule has 0 aliphatic heterocycles. The molecule has 0 aliphatic carbocycles. The Morgan fingerprint density at radius 3 is 2.30 bits per heavy atom. The number of sulfonamides is 1. The molecule has 3 rings (SSSR count). The smallest absolute Gasteiger partial charge is 0.261 e. The summed E-state index contributed by atoms with van der Waals surface area (Å²) in [5.74, 6) is -0.462. The van der Waals surface area contributed by atoms with Crippen LogP contribution in [0.25, 0.3) is 0 Å². The van der Waals surface area contributed by atoms with Crippen LogP contribution in [0.5, 0.6) is 0 Å². The number of carbonyl (C=O) groups excluding carboxylic acids is 1. The van der Waals surface area contributed by atoms with Crippen LogP contribution >= 0.6 is 11.6 Å². The quantitative estimate of drug-likeness (QED) is 0.505. The lowest BCUT2D eigenvalue weighted by Crippen LogP contribution is -2.25. The molecule has 1 aromatic heterocycles. The van der Waals surface area contributed by atoms with E-state index in [0.717, 1.165) is 0 Å². The topological polar surface area (TPSA) is 102 Å². The van der Waals surface area contributed by atoms with Gasteiger partial charge >= 0.3 is 0 Å². The molecule has 0 radical (unpaired) electrons. The molecule has 2 aromatic carbocycles. The number of nitrogens with zero attached hydrogens (tertiary/aromatic N) is 1. The maximum atomic E-state index is 12.5. The van der Waals surface area contributed by atoms with Gasteiger partial charge in [0.05, 0.1) is 10.5 Å². The van der Waals surface area contributed by atoms with Crippen molar-refractivity contribution in [2.45, 2.75) is 4.90 Å². The molecule has 0 aliphatic rings. The molecule has 0 fully saturated rings. The number of anilines is 2. The monoisotopic (exact) mass is 403 g/mol. The van der Waals surface area contributed by atoms with Crippen LogP contribution in [0.15, 0.2) is 78.0 Å². The number of aromatic nitrogens is 1. The summed E-state index contributed by atoms with van der Waals surface area (Å²) in [5.41, 5.74) is 0.941. The van der Waals surface area contributed by atoms with Crippen molar-refractivity contribution in [1.82, 2.24) is 0 Å². The predicted molar refractivity (Wildman–Crippen MR) is 102 cm³/mol. The zero-order chi connectivity index (χ0) is 19.4. The van der Waals surface area contributed by atoms with Gasteiger partial charge in [-0.25, -0.2) is 8.42 Å². The minimum atomic E-state index is -3.84. The van der Waals surface area contributed by atoms with Crippen molar-refractivity contribution in [2.75, 3.05) is 10.0 Å². The standard InChI is InChI=1S/C18H14ClN3O4S/c19-14-4-6-15(7-5-14)21-27(25,26)17-3-1-2-16(12-17)20-18(23)13-8-10-22(24)11-9-13/h1-12,21H,(H,20,23). The van der Waals surface area contributed by atoms with E-state index < -0.39 is 15.9 Å². The Balaban J connectivity index is 1.78. The molecule has 0 unspecified atom stereocenters. The van der Waals surface area contributed by atoms with Crippen molar-refractivity contribution in [2.24, 2.45) is 0 Å². The van der Waals surface area contributed by atoms with Crippen LogP contribution in [0, 0.1) is 5.21 Å². The summed E-state index contributed by atoms with van der Waals surface area (Å²) < 4.78 is 28.1. The molecular formula is C18H14ClN3O4S. The van der Waals surface area contributed by atoms with Gasteiger partial charge in [-0.05, 0) is 42.5 Å². The molecule has 27 heavy (non-hydrogen) atoms. The number of rotatable bonds is 5. The Kier molecular flexibility index (Phi) is 5.29. The molecule has 3 aromatic rings. The number of halogens is 1. The first-order valence-corrected chi connectivity index (χ1v) is 9.58. The van der Waals surface area contributed by atoms with Crippen LogP contribution in [-0.4, -0.2) is 14.3 Å². The average molecular weight is 404 g/mol. The molecule has 1 amide bonds. The molecule has 0 spiro atoms. The summed E-state index contributed by atoms with van der Waals surface area (Å²) in [7, 11) is -3.84. The fourth-order valence-electron chi connectivity index (χ4n) is 2.24. The van der Waals surface area contributed by atoms with E-state index in [2.05, 4.69) is 10.0 Å². The van der Waals surface area contributed by atoms with E-state index >= 15 is 0 Å². The predicted octanol–water partition coefficient (Wildman–Crippen LogP) is 3.03. The molecule has 0 atom stereocenters. The van der Waals surface area contributed by atoms with E-state index in [0.29, 0.717) is 21.1 Å². The first-order valence-electron chi connectivity index (χ1n) is 7.72. The van der Waals surface area contributed by atoms with Gasteiger partial charge in [-0.1, -0.05) is 17.7 Å². The third kappa shape index (κ3) is 4.75. The normalized spacial score (nSPS) is 11.0. The second-order valence-corrected chi connectivity index (χ2v) is 7.66. The fraction of sp³-hybridized carbons (Fsp3) is 0. The molecule has 9 heteroatoms. The SMILES string of the molecule is O=C(Nc1cccc(S(=O)(=O)Nc2ccc(Cl)cc2)c1)c1cc[n+]([O-])cc1. The van der Waals surface area contributed by atoms with Crippen LogP contribution in [0.1, 0.15) is 10.4 Å². The zero-order valence-corrected chi connectivity index (χ0v) is 15.4. The van der Waals surface area contributed by atoms with E-state index in [-0.39, 0.29) is 10.5 Å². The summed E-state index contributed by atoms with van der Waals surface area (Å²) in [6.45, 7) is 0. The van der Waals surface area contributed by atoms with Gasteiger partial charge in [-0.2, -0.15) is 4.73 Å². The van der Waals surface area contributed by atoms with Gasteiger partial charge in [0.25, 0.3) is 15.9 Å². The molecule has 7 nitrogen and oxygen atoms in total. The highest BCUT2D eigenvalue weighted by molar-refractivity contribution is 7.92. The number of benzene rings is 2. The average Bonchev–Trinajstić information content (AvgIpc) is 2.64. The Bertz CT molecular complexity index is 1070. The molecule has 0 saturated carbocycles. The van der Waals surface area contributed by atoms with Crippen LogP contribution in [0.3, 0.4) is 0 Å². The number of hydrogen-bond donors (Lipinski definition) is 2. The van der Waals surface area contributed by atoms with Crippen molar-refractivity contribution in [1.29, 1.82) is 0 Å². The van der Waals surface area contributed by atoms with Crippen molar-refractivity contribution in [3.8, 4) is 0 Å². The Morgan fingerprint density at radius 2 is 1.63 bits per heavy atom. The van der Waals surface area contributed by atoms with E-state index in [1.54, 1.807) is 30.3 Å².